The number of likely N-dealkylation sites (N-methyl/N-ethyl adjacent to an activating group) is 1. The van der Waals surface area contributed by atoms with E-state index in [2.05, 4.69) is 4.98 Å². The number of nitrogens with zero attached hydrogens (tertiary/aromatic N) is 2. The van der Waals surface area contributed by atoms with Crippen LogP contribution >= 0.6 is 0 Å². The van der Waals surface area contributed by atoms with Gasteiger partial charge in [0.25, 0.3) is 0 Å². The van der Waals surface area contributed by atoms with Crippen molar-refractivity contribution in [3.63, 3.8) is 0 Å². The Morgan fingerprint density at radius 1 is 1.24 bits per heavy atom. The summed E-state index contributed by atoms with van der Waals surface area (Å²) >= 11 is 0. The number of H-pyrrole nitrogens is 1. The lowest BCUT2D eigenvalue weighted by molar-refractivity contribution is -0.157. The van der Waals surface area contributed by atoms with Gasteiger partial charge in [0.15, 0.2) is 11.5 Å². The molecule has 0 radical (unpaired) electrons. The Hall–Kier alpha value is -3.48. The predicted molar refractivity (Wildman–Crippen MR) is 105 cm³/mol. The van der Waals surface area contributed by atoms with Gasteiger partial charge in [-0.25, -0.2) is 0 Å². The fourth-order valence-corrected chi connectivity index (χ4v) is 4.05. The summed E-state index contributed by atoms with van der Waals surface area (Å²) in [6.45, 7) is -0.381. The number of amides is 2. The highest BCUT2D eigenvalue weighted by atomic mass is 16.7. The van der Waals surface area contributed by atoms with E-state index in [1.165, 1.54) is 7.05 Å². The summed E-state index contributed by atoms with van der Waals surface area (Å²) in [5.74, 6) is -0.785. The normalized spacial score (nSPS) is 30.5. The molecule has 1 N–H and O–H groups in total. The molecule has 0 saturated carbocycles. The van der Waals surface area contributed by atoms with Crippen LogP contribution in [0.3, 0.4) is 0 Å². The van der Waals surface area contributed by atoms with Gasteiger partial charge in [0.2, 0.25) is 18.6 Å². The molecule has 4 heterocycles. The molecule has 1 aromatic heterocycles. The maximum absolute atomic E-state index is 13.4. The van der Waals surface area contributed by atoms with Gasteiger partial charge in [-0.2, -0.15) is 0 Å². The lowest BCUT2D eigenvalue weighted by atomic mass is 9.86. The Bertz CT molecular complexity index is 1520. The second-order valence-electron chi connectivity index (χ2n) is 7.08. The molecule has 7 nitrogen and oxygen atoms in total. The van der Waals surface area contributed by atoms with E-state index in [1.807, 2.05) is 0 Å². The summed E-state index contributed by atoms with van der Waals surface area (Å²) in [6, 6.07) is -1.16. The zero-order valence-electron chi connectivity index (χ0n) is 22.3. The van der Waals surface area contributed by atoms with Crippen LogP contribution in [0.4, 0.5) is 0 Å². The molecule has 0 bridgehead atoms. The van der Waals surface area contributed by atoms with Crippen LogP contribution in [0.15, 0.2) is 42.4 Å². The lowest BCUT2D eigenvalue weighted by Gasteiger charge is -2.46. The third kappa shape index (κ3) is 2.24. The fraction of sp³-hybridized carbons (Fsp3) is 0.273. The molecule has 3 aliphatic rings. The van der Waals surface area contributed by atoms with Gasteiger partial charge >= 0.3 is 0 Å². The molecule has 3 aromatic rings. The summed E-state index contributed by atoms with van der Waals surface area (Å²) in [6.07, 6.45) is -2.84. The quantitative estimate of drug-likeness (QED) is 0.684. The Morgan fingerprint density at radius 3 is 2.97 bits per heavy atom. The topological polar surface area (TPSA) is 74.9 Å². The van der Waals surface area contributed by atoms with Crippen molar-refractivity contribution >= 4 is 22.7 Å². The number of fused-ring (bicyclic) bond motifs is 5. The molecule has 29 heavy (non-hydrogen) atoms. The Labute approximate surface area is 176 Å². The van der Waals surface area contributed by atoms with Gasteiger partial charge in [0, 0.05) is 32.8 Å². The van der Waals surface area contributed by atoms with Crippen molar-refractivity contribution in [3.05, 3.63) is 59.2 Å². The average molecular weight is 396 g/mol. The van der Waals surface area contributed by atoms with Crippen LogP contribution < -0.4 is 9.47 Å². The highest BCUT2D eigenvalue weighted by Crippen LogP contribution is 2.44. The molecule has 1 unspecified atom stereocenters. The summed E-state index contributed by atoms with van der Waals surface area (Å²) < 4.78 is 71.2. The van der Waals surface area contributed by atoms with Crippen molar-refractivity contribution in [2.45, 2.75) is 18.4 Å². The lowest BCUT2D eigenvalue weighted by Crippen LogP contribution is -2.62. The first-order valence-electron chi connectivity index (χ1n) is 12.5. The molecular weight excluding hydrogens is 370 g/mol. The zero-order valence-corrected chi connectivity index (χ0v) is 15.3. The van der Waals surface area contributed by atoms with E-state index in [0.717, 1.165) is 9.80 Å². The third-order valence-corrected chi connectivity index (χ3v) is 5.39. The first kappa shape index (κ1) is 10.9. The van der Waals surface area contributed by atoms with Gasteiger partial charge in [-0.05, 0) is 29.3 Å². The molecule has 0 spiro atoms. The molecule has 3 aliphatic heterocycles. The third-order valence-electron chi connectivity index (χ3n) is 5.39. The van der Waals surface area contributed by atoms with E-state index in [1.54, 1.807) is 18.2 Å². The number of ether oxygens (including phenoxy) is 2. The van der Waals surface area contributed by atoms with Crippen LogP contribution in [0.25, 0.3) is 10.9 Å². The minimum absolute atomic E-state index is 0.0130. The predicted octanol–water partition coefficient (Wildman–Crippen LogP) is 2.21. The first-order chi connectivity index (χ1) is 16.9. The molecule has 2 aromatic carbocycles. The second-order valence-corrected chi connectivity index (χ2v) is 7.08. The first-order valence-corrected chi connectivity index (χ1v) is 9.01. The summed E-state index contributed by atoms with van der Waals surface area (Å²) in [5.41, 5.74) is 0.127. The molecule has 146 valence electrons. The van der Waals surface area contributed by atoms with E-state index >= 15 is 0 Å². The van der Waals surface area contributed by atoms with E-state index in [9.17, 15) is 11.0 Å². The fourth-order valence-electron chi connectivity index (χ4n) is 4.05. The number of piperazine rings is 1. The summed E-state index contributed by atoms with van der Waals surface area (Å²) in [7, 11) is 1.32. The van der Waals surface area contributed by atoms with Gasteiger partial charge in [0.1, 0.15) is 6.02 Å². The van der Waals surface area contributed by atoms with Gasteiger partial charge < -0.3 is 24.3 Å². The van der Waals surface area contributed by atoms with Crippen molar-refractivity contribution in [3.8, 4) is 11.5 Å². The molecule has 6 rings (SSSR count). The Balaban J connectivity index is 1.76. The van der Waals surface area contributed by atoms with Crippen molar-refractivity contribution < 1.29 is 28.7 Å². The molecule has 0 aliphatic carbocycles. The van der Waals surface area contributed by atoms with Crippen LogP contribution in [0.5, 0.6) is 11.5 Å². The zero-order chi connectivity index (χ0) is 25.9. The van der Waals surface area contributed by atoms with Gasteiger partial charge in [-0.3, -0.25) is 9.59 Å². The van der Waals surface area contributed by atoms with E-state index < -0.39 is 54.4 Å². The Morgan fingerprint density at radius 2 is 2.07 bits per heavy atom. The maximum Gasteiger partial charge on any atom is 0.245 e. The van der Waals surface area contributed by atoms with E-state index in [-0.39, 0.29) is 35.5 Å². The minimum Gasteiger partial charge on any atom is -0.454 e. The molecule has 1 fully saturated rings. The van der Waals surface area contributed by atoms with Crippen molar-refractivity contribution in [2.75, 3.05) is 20.4 Å². The second kappa shape index (κ2) is 5.76. The standard InChI is InChI=1S/C22H19N3O4/c1-24-10-19(26)25-16(22(24)27)9-14-13-4-2-3-5-15(13)23-20(14)21(25)12-6-7-17-18(8-12)29-11-28-17/h2-8,16,21,23H,9-11H2,1H3/t16-,21?/m1/s1/i2D,3D,4D,5D,9D2,16D. The number of hydrogen-bond acceptors (Lipinski definition) is 4. The molecule has 1 saturated heterocycles. The molecule has 7 heteroatoms. The average Bonchev–Trinajstić information content (AvgIpc) is 3.47. The van der Waals surface area contributed by atoms with E-state index in [0.29, 0.717) is 17.1 Å². The molecule has 2 amide bonds. The highest BCUT2D eigenvalue weighted by molar-refractivity contribution is 5.97. The molecular formula is C22H19N3O4. The van der Waals surface area contributed by atoms with E-state index in [4.69, 9.17) is 17.7 Å². The van der Waals surface area contributed by atoms with Crippen LogP contribution in [-0.4, -0.2) is 53.0 Å². The van der Waals surface area contributed by atoms with Crippen LogP contribution in [0.1, 0.15) is 32.5 Å². The van der Waals surface area contributed by atoms with Gasteiger partial charge in [-0.1, -0.05) is 24.2 Å². The number of aromatic nitrogens is 1. The number of hydrogen-bond donors (Lipinski definition) is 1. The summed E-state index contributed by atoms with van der Waals surface area (Å²) in [5, 5.41) is -0.161. The smallest absolute Gasteiger partial charge is 0.245 e. The van der Waals surface area contributed by atoms with Crippen molar-refractivity contribution in [1.29, 1.82) is 0 Å². The van der Waals surface area contributed by atoms with Crippen LogP contribution in [0, 0.1) is 0 Å². The number of para-hydroxylation sites is 1. The van der Waals surface area contributed by atoms with Crippen LogP contribution in [0.2, 0.25) is 0 Å². The minimum atomic E-state index is -2.84. The largest absolute Gasteiger partial charge is 0.454 e. The Kier molecular flexibility index (Phi) is 2.17. The number of aromatic amines is 1. The van der Waals surface area contributed by atoms with Crippen LogP contribution in [-0.2, 0) is 16.0 Å². The highest BCUT2D eigenvalue weighted by Gasteiger charge is 2.47. The number of carbonyl (C=O) groups excluding carboxylic acids is 2. The van der Waals surface area contributed by atoms with Crippen molar-refractivity contribution in [1.82, 2.24) is 14.8 Å². The van der Waals surface area contributed by atoms with Gasteiger partial charge in [-0.15, -0.1) is 0 Å². The SMILES string of the molecule is [2H]c1c([2H])c([2H])c2c3c([nH]c2c1[2H])C(c1ccc2c(c1)OCO2)N1C(=O)CN(C)C(=O)[C@@]1([2H])C3([2H])[2H]. The summed E-state index contributed by atoms with van der Waals surface area (Å²) in [4.78, 5) is 31.7. The van der Waals surface area contributed by atoms with Crippen molar-refractivity contribution in [2.24, 2.45) is 0 Å². The number of carbonyl (C=O) groups is 2. The maximum atomic E-state index is 13.4. The number of nitrogens with one attached hydrogen (secondary N) is 1. The monoisotopic (exact) mass is 396 g/mol. The number of rotatable bonds is 1. The number of benzene rings is 2. The molecule has 2 atom stereocenters. The van der Waals surface area contributed by atoms with Gasteiger partial charge in [0.05, 0.1) is 19.4 Å².